The summed E-state index contributed by atoms with van der Waals surface area (Å²) in [6, 6.07) is 0. The van der Waals surface area contributed by atoms with E-state index in [0.29, 0.717) is 13.0 Å². The third-order valence-corrected chi connectivity index (χ3v) is 2.70. The van der Waals surface area contributed by atoms with Gasteiger partial charge in [0.2, 0.25) is 5.91 Å². The molecule has 1 unspecified atom stereocenters. The summed E-state index contributed by atoms with van der Waals surface area (Å²) in [4.78, 5) is 11.4. The molecule has 15 heavy (non-hydrogen) atoms. The molecule has 0 aromatic rings. The van der Waals surface area contributed by atoms with Crippen LogP contribution in [0.2, 0.25) is 0 Å². The first-order valence-electron chi connectivity index (χ1n) is 5.79. The molecular weight excluding hydrogens is 190 g/mol. The van der Waals surface area contributed by atoms with E-state index >= 15 is 0 Å². The predicted octanol–water partition coefficient (Wildman–Crippen LogP) is 0.620. The van der Waals surface area contributed by atoms with Crippen LogP contribution in [0.3, 0.4) is 0 Å². The Morgan fingerprint density at radius 2 is 2.07 bits per heavy atom. The van der Waals surface area contributed by atoms with Gasteiger partial charge in [0.25, 0.3) is 0 Å². The van der Waals surface area contributed by atoms with Crippen molar-refractivity contribution in [2.45, 2.75) is 45.6 Å². The molecule has 4 nitrogen and oxygen atoms in total. The van der Waals surface area contributed by atoms with Crippen LogP contribution in [-0.2, 0) is 4.79 Å². The van der Waals surface area contributed by atoms with Crippen LogP contribution in [0.15, 0.2) is 0 Å². The normalized spacial score (nSPS) is 14.7. The molecule has 0 aliphatic rings. The molecule has 0 aromatic carbocycles. The lowest BCUT2D eigenvalue weighted by Crippen LogP contribution is -2.47. The van der Waals surface area contributed by atoms with E-state index in [9.17, 15) is 4.79 Å². The highest BCUT2D eigenvalue weighted by Crippen LogP contribution is 2.13. The fraction of sp³-hybridized carbons (Fsp3) is 0.909. The van der Waals surface area contributed by atoms with Crippen molar-refractivity contribution in [3.05, 3.63) is 0 Å². The van der Waals surface area contributed by atoms with Crippen molar-refractivity contribution in [1.82, 2.24) is 10.6 Å². The molecular formula is C11H25N3O. The Hall–Kier alpha value is -0.610. The van der Waals surface area contributed by atoms with Crippen molar-refractivity contribution in [3.63, 3.8) is 0 Å². The second-order valence-corrected chi connectivity index (χ2v) is 4.10. The standard InChI is InChI=1S/C11H25N3O/c1-4-11(3,7-9-13-5-2)14-10(15)6-8-12/h13H,4-9,12H2,1-3H3,(H,14,15). The number of nitrogens with two attached hydrogens (primary N) is 1. The molecule has 0 fully saturated rings. The molecule has 4 N–H and O–H groups in total. The van der Waals surface area contributed by atoms with Gasteiger partial charge in [-0.05, 0) is 32.9 Å². The number of hydrogen-bond donors (Lipinski definition) is 3. The summed E-state index contributed by atoms with van der Waals surface area (Å²) in [5.41, 5.74) is 5.24. The van der Waals surface area contributed by atoms with Crippen LogP contribution in [0.1, 0.15) is 40.0 Å². The molecule has 0 aromatic heterocycles. The lowest BCUT2D eigenvalue weighted by molar-refractivity contribution is -0.122. The third kappa shape index (κ3) is 6.47. The highest BCUT2D eigenvalue weighted by atomic mass is 16.1. The van der Waals surface area contributed by atoms with E-state index in [1.54, 1.807) is 0 Å². The second kappa shape index (κ2) is 7.65. The zero-order chi connectivity index (χ0) is 11.7. The van der Waals surface area contributed by atoms with Gasteiger partial charge in [0.15, 0.2) is 0 Å². The van der Waals surface area contributed by atoms with Crippen molar-refractivity contribution in [2.24, 2.45) is 5.73 Å². The number of amides is 1. The molecule has 1 atom stereocenters. The first kappa shape index (κ1) is 14.4. The Morgan fingerprint density at radius 1 is 1.40 bits per heavy atom. The molecule has 0 radical (unpaired) electrons. The van der Waals surface area contributed by atoms with Gasteiger partial charge in [-0.1, -0.05) is 13.8 Å². The number of carbonyl (C=O) groups excluding carboxylic acids is 1. The van der Waals surface area contributed by atoms with Gasteiger partial charge in [-0.2, -0.15) is 0 Å². The van der Waals surface area contributed by atoms with Crippen molar-refractivity contribution in [3.8, 4) is 0 Å². The molecule has 1 amide bonds. The van der Waals surface area contributed by atoms with Gasteiger partial charge in [0, 0.05) is 18.5 Å². The number of rotatable bonds is 8. The molecule has 0 rings (SSSR count). The summed E-state index contributed by atoms with van der Waals surface area (Å²) in [5, 5.41) is 6.31. The van der Waals surface area contributed by atoms with E-state index in [0.717, 1.165) is 25.9 Å². The summed E-state index contributed by atoms with van der Waals surface area (Å²) in [7, 11) is 0. The summed E-state index contributed by atoms with van der Waals surface area (Å²) in [5.74, 6) is 0.0540. The Kier molecular flexibility index (Phi) is 7.34. The molecule has 0 saturated heterocycles. The molecule has 0 saturated carbocycles. The summed E-state index contributed by atoms with van der Waals surface area (Å²) in [6.45, 7) is 8.57. The second-order valence-electron chi connectivity index (χ2n) is 4.10. The van der Waals surface area contributed by atoms with E-state index in [1.165, 1.54) is 0 Å². The average Bonchev–Trinajstić information content (AvgIpc) is 2.18. The predicted molar refractivity (Wildman–Crippen MR) is 63.7 cm³/mol. The average molecular weight is 215 g/mol. The molecule has 0 spiro atoms. The fourth-order valence-corrected chi connectivity index (χ4v) is 1.40. The maximum Gasteiger partial charge on any atom is 0.221 e. The lowest BCUT2D eigenvalue weighted by atomic mass is 9.94. The van der Waals surface area contributed by atoms with E-state index in [-0.39, 0.29) is 11.4 Å². The third-order valence-electron chi connectivity index (χ3n) is 2.70. The van der Waals surface area contributed by atoms with Gasteiger partial charge in [-0.15, -0.1) is 0 Å². The van der Waals surface area contributed by atoms with Gasteiger partial charge >= 0.3 is 0 Å². The fourth-order valence-electron chi connectivity index (χ4n) is 1.40. The highest BCUT2D eigenvalue weighted by molar-refractivity contribution is 5.76. The van der Waals surface area contributed by atoms with Crippen LogP contribution in [0.5, 0.6) is 0 Å². The Balaban J connectivity index is 3.99. The molecule has 0 aliphatic heterocycles. The Labute approximate surface area is 93.0 Å². The zero-order valence-corrected chi connectivity index (χ0v) is 10.2. The van der Waals surface area contributed by atoms with Crippen LogP contribution in [0.25, 0.3) is 0 Å². The van der Waals surface area contributed by atoms with Crippen LogP contribution < -0.4 is 16.4 Å². The first-order valence-corrected chi connectivity index (χ1v) is 5.79. The minimum Gasteiger partial charge on any atom is -0.351 e. The number of carbonyl (C=O) groups is 1. The SMILES string of the molecule is CCNCCC(C)(CC)NC(=O)CCN. The van der Waals surface area contributed by atoms with Gasteiger partial charge in [-0.3, -0.25) is 4.79 Å². The quantitative estimate of drug-likeness (QED) is 0.520. The van der Waals surface area contributed by atoms with E-state index in [4.69, 9.17) is 5.73 Å². The number of hydrogen-bond acceptors (Lipinski definition) is 3. The largest absolute Gasteiger partial charge is 0.351 e. The maximum atomic E-state index is 11.4. The smallest absolute Gasteiger partial charge is 0.221 e. The van der Waals surface area contributed by atoms with Crippen molar-refractivity contribution in [1.29, 1.82) is 0 Å². The van der Waals surface area contributed by atoms with E-state index < -0.39 is 0 Å². The number of nitrogens with one attached hydrogen (secondary N) is 2. The van der Waals surface area contributed by atoms with Gasteiger partial charge < -0.3 is 16.4 Å². The van der Waals surface area contributed by atoms with Crippen molar-refractivity contribution < 1.29 is 4.79 Å². The monoisotopic (exact) mass is 215 g/mol. The molecule has 4 heteroatoms. The molecule has 0 bridgehead atoms. The Bertz CT molecular complexity index is 185. The van der Waals surface area contributed by atoms with Crippen LogP contribution in [0, 0.1) is 0 Å². The van der Waals surface area contributed by atoms with Crippen LogP contribution in [-0.4, -0.2) is 31.1 Å². The minimum absolute atomic E-state index is 0.0540. The van der Waals surface area contributed by atoms with Gasteiger partial charge in [0.1, 0.15) is 0 Å². The molecule has 0 aliphatic carbocycles. The van der Waals surface area contributed by atoms with Gasteiger partial charge in [0.05, 0.1) is 0 Å². The zero-order valence-electron chi connectivity index (χ0n) is 10.2. The first-order chi connectivity index (χ1) is 7.08. The topological polar surface area (TPSA) is 67.1 Å². The van der Waals surface area contributed by atoms with Crippen LogP contribution in [0.4, 0.5) is 0 Å². The lowest BCUT2D eigenvalue weighted by Gasteiger charge is -2.29. The van der Waals surface area contributed by atoms with Crippen LogP contribution >= 0.6 is 0 Å². The maximum absolute atomic E-state index is 11.4. The summed E-state index contributed by atoms with van der Waals surface area (Å²) in [6.07, 6.45) is 2.30. The molecule has 90 valence electrons. The van der Waals surface area contributed by atoms with Crippen molar-refractivity contribution >= 4 is 5.91 Å². The summed E-state index contributed by atoms with van der Waals surface area (Å²) < 4.78 is 0. The summed E-state index contributed by atoms with van der Waals surface area (Å²) >= 11 is 0. The Morgan fingerprint density at radius 3 is 2.53 bits per heavy atom. The van der Waals surface area contributed by atoms with E-state index in [2.05, 4.69) is 31.4 Å². The van der Waals surface area contributed by atoms with Gasteiger partial charge in [-0.25, -0.2) is 0 Å². The van der Waals surface area contributed by atoms with E-state index in [1.807, 2.05) is 0 Å². The highest BCUT2D eigenvalue weighted by Gasteiger charge is 2.22. The minimum atomic E-state index is -0.103. The van der Waals surface area contributed by atoms with Crippen molar-refractivity contribution in [2.75, 3.05) is 19.6 Å². The molecule has 0 heterocycles.